The van der Waals surface area contributed by atoms with Crippen LogP contribution in [0.15, 0.2) is 0 Å². The van der Waals surface area contributed by atoms with Crippen molar-refractivity contribution in [3.63, 3.8) is 0 Å². The molecule has 0 bridgehead atoms. The van der Waals surface area contributed by atoms with Crippen molar-refractivity contribution < 1.29 is 9.53 Å². The molecule has 15 heavy (non-hydrogen) atoms. The SMILES string of the molecule is CCCOC1(C(=O)CCC)CCCSC1. The minimum Gasteiger partial charge on any atom is -0.366 e. The predicted octanol–water partition coefficient (Wildman–Crippen LogP) is 3.05. The van der Waals surface area contributed by atoms with Crippen LogP contribution in [0, 0.1) is 0 Å². The molecule has 3 heteroatoms. The van der Waals surface area contributed by atoms with Gasteiger partial charge in [-0.25, -0.2) is 0 Å². The first-order valence-electron chi connectivity index (χ1n) is 6.00. The third kappa shape index (κ3) is 3.49. The standard InChI is InChI=1S/C12H22O2S/c1-3-6-11(13)12(14-8-4-2)7-5-9-15-10-12/h3-10H2,1-2H3. The third-order valence-corrected chi connectivity index (χ3v) is 4.02. The number of thioether (sulfide) groups is 1. The van der Waals surface area contributed by atoms with Gasteiger partial charge in [-0.3, -0.25) is 4.79 Å². The molecule has 2 nitrogen and oxygen atoms in total. The van der Waals surface area contributed by atoms with Gasteiger partial charge < -0.3 is 4.74 Å². The molecule has 0 aliphatic carbocycles. The number of carbonyl (C=O) groups is 1. The first kappa shape index (κ1) is 13.0. The van der Waals surface area contributed by atoms with Crippen LogP contribution in [-0.2, 0) is 9.53 Å². The molecule has 1 unspecified atom stereocenters. The van der Waals surface area contributed by atoms with E-state index in [1.165, 1.54) is 5.75 Å². The molecule has 0 aromatic heterocycles. The molecule has 0 aromatic carbocycles. The van der Waals surface area contributed by atoms with Crippen LogP contribution in [-0.4, -0.2) is 29.5 Å². The van der Waals surface area contributed by atoms with Crippen LogP contribution in [0.5, 0.6) is 0 Å². The van der Waals surface area contributed by atoms with Crippen molar-refractivity contribution in [1.82, 2.24) is 0 Å². The molecular formula is C12H22O2S. The minimum absolute atomic E-state index is 0.325. The van der Waals surface area contributed by atoms with Crippen LogP contribution in [0.2, 0.25) is 0 Å². The van der Waals surface area contributed by atoms with E-state index < -0.39 is 5.60 Å². The van der Waals surface area contributed by atoms with Gasteiger partial charge in [0, 0.05) is 18.8 Å². The molecule has 0 radical (unpaired) electrons. The Hall–Kier alpha value is -0.0200. The Morgan fingerprint density at radius 2 is 2.20 bits per heavy atom. The second-order valence-corrected chi connectivity index (χ2v) is 5.28. The second-order valence-electron chi connectivity index (χ2n) is 4.17. The molecule has 0 spiro atoms. The Labute approximate surface area is 97.1 Å². The van der Waals surface area contributed by atoms with Gasteiger partial charge in [-0.05, 0) is 31.4 Å². The van der Waals surface area contributed by atoms with Crippen LogP contribution in [0.4, 0.5) is 0 Å². The van der Waals surface area contributed by atoms with Gasteiger partial charge in [-0.15, -0.1) is 0 Å². The highest BCUT2D eigenvalue weighted by Crippen LogP contribution is 2.32. The normalized spacial score (nSPS) is 26.5. The highest BCUT2D eigenvalue weighted by atomic mass is 32.2. The molecule has 0 aromatic rings. The van der Waals surface area contributed by atoms with E-state index in [0.717, 1.165) is 38.0 Å². The Kier molecular flexibility index (Phi) is 5.69. The van der Waals surface area contributed by atoms with E-state index in [-0.39, 0.29) is 0 Å². The average molecular weight is 230 g/mol. The lowest BCUT2D eigenvalue weighted by Gasteiger charge is -2.35. The molecule has 1 heterocycles. The fraction of sp³-hybridized carbons (Fsp3) is 0.917. The summed E-state index contributed by atoms with van der Waals surface area (Å²) in [5.74, 6) is 2.37. The van der Waals surface area contributed by atoms with Gasteiger partial charge in [0.05, 0.1) is 0 Å². The van der Waals surface area contributed by atoms with E-state index in [1.807, 2.05) is 11.8 Å². The van der Waals surface area contributed by atoms with Gasteiger partial charge >= 0.3 is 0 Å². The molecular weight excluding hydrogens is 208 g/mol. The van der Waals surface area contributed by atoms with Gasteiger partial charge in [0.15, 0.2) is 5.78 Å². The molecule has 1 fully saturated rings. The number of ketones is 1. The van der Waals surface area contributed by atoms with E-state index in [2.05, 4.69) is 13.8 Å². The number of rotatable bonds is 6. The highest BCUT2D eigenvalue weighted by Gasteiger charge is 2.39. The van der Waals surface area contributed by atoms with Crippen molar-refractivity contribution >= 4 is 17.5 Å². The van der Waals surface area contributed by atoms with Crippen molar-refractivity contribution in [1.29, 1.82) is 0 Å². The van der Waals surface area contributed by atoms with Crippen LogP contribution in [0.25, 0.3) is 0 Å². The Morgan fingerprint density at radius 1 is 1.40 bits per heavy atom. The predicted molar refractivity (Wildman–Crippen MR) is 65.4 cm³/mol. The summed E-state index contributed by atoms with van der Waals surface area (Å²) in [5, 5.41) is 0. The zero-order valence-electron chi connectivity index (χ0n) is 9.88. The monoisotopic (exact) mass is 230 g/mol. The second kappa shape index (κ2) is 6.54. The molecule has 1 aliphatic rings. The quantitative estimate of drug-likeness (QED) is 0.701. The Morgan fingerprint density at radius 3 is 2.73 bits per heavy atom. The lowest BCUT2D eigenvalue weighted by Crippen LogP contribution is -2.46. The van der Waals surface area contributed by atoms with Crippen LogP contribution < -0.4 is 0 Å². The topological polar surface area (TPSA) is 26.3 Å². The van der Waals surface area contributed by atoms with Crippen molar-refractivity contribution in [3.8, 4) is 0 Å². The average Bonchev–Trinajstić information content (AvgIpc) is 2.28. The summed E-state index contributed by atoms with van der Waals surface area (Å²) >= 11 is 1.86. The maximum atomic E-state index is 12.1. The lowest BCUT2D eigenvalue weighted by atomic mass is 9.91. The van der Waals surface area contributed by atoms with Crippen molar-refractivity contribution in [3.05, 3.63) is 0 Å². The Balaban J connectivity index is 2.61. The molecule has 88 valence electrons. The summed E-state index contributed by atoms with van der Waals surface area (Å²) in [7, 11) is 0. The van der Waals surface area contributed by atoms with E-state index >= 15 is 0 Å². The Bertz CT molecular complexity index is 198. The summed E-state index contributed by atoms with van der Waals surface area (Å²) in [6, 6.07) is 0. The lowest BCUT2D eigenvalue weighted by molar-refractivity contribution is -0.143. The number of carbonyl (C=O) groups excluding carboxylic acids is 1. The summed E-state index contributed by atoms with van der Waals surface area (Å²) in [4.78, 5) is 12.1. The van der Waals surface area contributed by atoms with Crippen LogP contribution in [0.1, 0.15) is 46.0 Å². The van der Waals surface area contributed by atoms with E-state index in [4.69, 9.17) is 4.74 Å². The first-order valence-corrected chi connectivity index (χ1v) is 7.15. The molecule has 1 saturated heterocycles. The number of hydrogen-bond donors (Lipinski definition) is 0. The maximum Gasteiger partial charge on any atom is 0.165 e. The summed E-state index contributed by atoms with van der Waals surface area (Å²) in [5.41, 5.74) is -0.436. The van der Waals surface area contributed by atoms with Crippen LogP contribution >= 0.6 is 11.8 Å². The summed E-state index contributed by atoms with van der Waals surface area (Å²) in [6.45, 7) is 4.87. The molecule has 1 aliphatic heterocycles. The van der Waals surface area contributed by atoms with Gasteiger partial charge in [-0.1, -0.05) is 13.8 Å². The smallest absolute Gasteiger partial charge is 0.165 e. The zero-order chi connectivity index (χ0) is 11.1. The van der Waals surface area contributed by atoms with E-state index in [1.54, 1.807) is 0 Å². The van der Waals surface area contributed by atoms with Gasteiger partial charge in [0.2, 0.25) is 0 Å². The molecule has 0 saturated carbocycles. The van der Waals surface area contributed by atoms with Crippen molar-refractivity contribution in [2.75, 3.05) is 18.1 Å². The zero-order valence-corrected chi connectivity index (χ0v) is 10.7. The third-order valence-electron chi connectivity index (χ3n) is 2.77. The first-order chi connectivity index (χ1) is 7.25. The fourth-order valence-electron chi connectivity index (χ4n) is 1.94. The number of ether oxygens (including phenoxy) is 1. The number of Topliss-reactive ketones (excluding diaryl/α,β-unsaturated/α-hetero) is 1. The van der Waals surface area contributed by atoms with Gasteiger partial charge in [0.1, 0.15) is 5.60 Å². The molecule has 1 atom stereocenters. The molecule has 1 rings (SSSR count). The highest BCUT2D eigenvalue weighted by molar-refractivity contribution is 7.99. The fourth-order valence-corrected chi connectivity index (χ4v) is 3.15. The van der Waals surface area contributed by atoms with E-state index in [9.17, 15) is 4.79 Å². The summed E-state index contributed by atoms with van der Waals surface area (Å²) in [6.07, 6.45) is 4.64. The summed E-state index contributed by atoms with van der Waals surface area (Å²) < 4.78 is 5.86. The minimum atomic E-state index is -0.436. The number of hydrogen-bond acceptors (Lipinski definition) is 3. The van der Waals surface area contributed by atoms with Gasteiger partial charge in [0.25, 0.3) is 0 Å². The van der Waals surface area contributed by atoms with Crippen molar-refractivity contribution in [2.45, 2.75) is 51.6 Å². The van der Waals surface area contributed by atoms with Crippen molar-refractivity contribution in [2.24, 2.45) is 0 Å². The largest absolute Gasteiger partial charge is 0.366 e. The van der Waals surface area contributed by atoms with Crippen LogP contribution in [0.3, 0.4) is 0 Å². The van der Waals surface area contributed by atoms with E-state index in [0.29, 0.717) is 12.2 Å². The molecule has 0 N–H and O–H groups in total. The molecule has 0 amide bonds. The van der Waals surface area contributed by atoms with Gasteiger partial charge in [-0.2, -0.15) is 11.8 Å². The maximum absolute atomic E-state index is 12.1.